The average molecular weight is 364 g/mol. The number of urea groups is 1. The molecule has 1 saturated heterocycles. The number of carbonyl (C=O) groups is 2. The first-order valence-corrected chi connectivity index (χ1v) is 8.95. The summed E-state index contributed by atoms with van der Waals surface area (Å²) in [5, 5.41) is 5.37. The molecular formula is C17H18ClN3O2S. The maximum absolute atomic E-state index is 12.3. The zero-order chi connectivity index (χ0) is 17.1. The van der Waals surface area contributed by atoms with E-state index in [0.29, 0.717) is 36.9 Å². The second kappa shape index (κ2) is 7.23. The number of hydrogen-bond donors (Lipinski definition) is 1. The first-order chi connectivity index (χ1) is 11.5. The van der Waals surface area contributed by atoms with E-state index >= 15 is 0 Å². The van der Waals surface area contributed by atoms with E-state index in [1.54, 1.807) is 15.9 Å². The van der Waals surface area contributed by atoms with Crippen LogP contribution in [0.15, 0.2) is 35.7 Å². The van der Waals surface area contributed by atoms with Gasteiger partial charge in [0.05, 0.1) is 4.88 Å². The fraction of sp³-hybridized carbons (Fsp3) is 0.294. The number of thiophene rings is 1. The molecule has 7 heteroatoms. The second-order valence-electron chi connectivity index (χ2n) is 5.65. The van der Waals surface area contributed by atoms with Crippen molar-refractivity contribution in [2.24, 2.45) is 0 Å². The van der Waals surface area contributed by atoms with Crippen LogP contribution in [0.2, 0.25) is 5.02 Å². The Morgan fingerprint density at radius 2 is 1.83 bits per heavy atom. The quantitative estimate of drug-likeness (QED) is 0.884. The van der Waals surface area contributed by atoms with Crippen LogP contribution in [-0.4, -0.2) is 47.9 Å². The highest BCUT2D eigenvalue weighted by atomic mass is 35.5. The first kappa shape index (κ1) is 16.8. The van der Waals surface area contributed by atoms with Crippen LogP contribution in [0.25, 0.3) is 0 Å². The van der Waals surface area contributed by atoms with Gasteiger partial charge in [-0.15, -0.1) is 11.3 Å². The maximum Gasteiger partial charge on any atom is 0.321 e. The van der Waals surface area contributed by atoms with Crippen molar-refractivity contribution >= 4 is 40.6 Å². The van der Waals surface area contributed by atoms with Gasteiger partial charge in [0.15, 0.2) is 0 Å². The SMILES string of the molecule is Cc1ccc(NC(=O)N2CCN(C(=O)c3cccs3)CC2)cc1Cl. The van der Waals surface area contributed by atoms with Gasteiger partial charge >= 0.3 is 6.03 Å². The molecule has 1 aromatic heterocycles. The number of aryl methyl sites for hydroxylation is 1. The summed E-state index contributed by atoms with van der Waals surface area (Å²) in [6.45, 7) is 4.03. The number of rotatable bonds is 2. The van der Waals surface area contributed by atoms with Crippen molar-refractivity contribution in [1.29, 1.82) is 0 Å². The van der Waals surface area contributed by atoms with Crippen molar-refractivity contribution in [2.75, 3.05) is 31.5 Å². The number of piperazine rings is 1. The van der Waals surface area contributed by atoms with E-state index in [0.717, 1.165) is 10.4 Å². The fourth-order valence-electron chi connectivity index (χ4n) is 2.54. The Balaban J connectivity index is 1.55. The molecule has 0 radical (unpaired) electrons. The first-order valence-electron chi connectivity index (χ1n) is 7.69. The number of halogens is 1. The summed E-state index contributed by atoms with van der Waals surface area (Å²) in [5.74, 6) is 0.0374. The largest absolute Gasteiger partial charge is 0.334 e. The predicted molar refractivity (Wildman–Crippen MR) is 97.0 cm³/mol. The molecule has 0 atom stereocenters. The minimum atomic E-state index is -0.168. The van der Waals surface area contributed by atoms with Gasteiger partial charge in [0.25, 0.3) is 5.91 Å². The minimum Gasteiger partial charge on any atom is -0.334 e. The van der Waals surface area contributed by atoms with Gasteiger partial charge in [0.2, 0.25) is 0 Å². The molecule has 1 N–H and O–H groups in total. The average Bonchev–Trinajstić information content (AvgIpc) is 3.12. The molecule has 2 aromatic rings. The topological polar surface area (TPSA) is 52.7 Å². The molecule has 0 bridgehead atoms. The third-order valence-corrected chi connectivity index (χ3v) is 5.27. The molecule has 0 aliphatic carbocycles. The summed E-state index contributed by atoms with van der Waals surface area (Å²) in [6.07, 6.45) is 0. The maximum atomic E-state index is 12.3. The van der Waals surface area contributed by atoms with Gasteiger partial charge in [-0.2, -0.15) is 0 Å². The monoisotopic (exact) mass is 363 g/mol. The molecule has 0 saturated carbocycles. The number of amides is 3. The summed E-state index contributed by atoms with van der Waals surface area (Å²) in [4.78, 5) is 28.9. The van der Waals surface area contributed by atoms with Crippen molar-refractivity contribution in [2.45, 2.75) is 6.92 Å². The molecule has 2 heterocycles. The summed E-state index contributed by atoms with van der Waals surface area (Å²) in [6, 6.07) is 8.97. The number of hydrogen-bond acceptors (Lipinski definition) is 3. The molecule has 1 aliphatic rings. The van der Waals surface area contributed by atoms with Crippen LogP contribution in [-0.2, 0) is 0 Å². The molecule has 24 heavy (non-hydrogen) atoms. The van der Waals surface area contributed by atoms with E-state index in [9.17, 15) is 9.59 Å². The molecule has 1 aliphatic heterocycles. The molecule has 3 amide bonds. The molecule has 5 nitrogen and oxygen atoms in total. The van der Waals surface area contributed by atoms with Crippen molar-refractivity contribution in [1.82, 2.24) is 9.80 Å². The number of benzene rings is 1. The normalized spacial score (nSPS) is 14.6. The van der Waals surface area contributed by atoms with E-state index in [-0.39, 0.29) is 11.9 Å². The lowest BCUT2D eigenvalue weighted by Gasteiger charge is -2.34. The van der Waals surface area contributed by atoms with Crippen LogP contribution in [0.4, 0.5) is 10.5 Å². The third-order valence-electron chi connectivity index (χ3n) is 4.01. The second-order valence-corrected chi connectivity index (χ2v) is 7.01. The zero-order valence-electron chi connectivity index (χ0n) is 13.3. The molecule has 0 unspecified atom stereocenters. The fourth-order valence-corrected chi connectivity index (χ4v) is 3.41. The van der Waals surface area contributed by atoms with Crippen LogP contribution in [0.3, 0.4) is 0 Å². The highest BCUT2D eigenvalue weighted by Gasteiger charge is 2.25. The number of nitrogens with zero attached hydrogens (tertiary/aromatic N) is 2. The Labute approximate surface area is 149 Å². The van der Waals surface area contributed by atoms with Crippen LogP contribution >= 0.6 is 22.9 Å². The van der Waals surface area contributed by atoms with Crippen molar-refractivity contribution in [3.05, 3.63) is 51.2 Å². The minimum absolute atomic E-state index is 0.0374. The molecule has 0 spiro atoms. The van der Waals surface area contributed by atoms with Crippen molar-refractivity contribution in [3.8, 4) is 0 Å². The van der Waals surface area contributed by atoms with Gasteiger partial charge in [0.1, 0.15) is 0 Å². The molecule has 1 aromatic carbocycles. The lowest BCUT2D eigenvalue weighted by atomic mass is 10.2. The number of anilines is 1. The smallest absolute Gasteiger partial charge is 0.321 e. The van der Waals surface area contributed by atoms with Gasteiger partial charge in [-0.05, 0) is 36.1 Å². The number of carbonyl (C=O) groups excluding carboxylic acids is 2. The van der Waals surface area contributed by atoms with Gasteiger partial charge in [-0.1, -0.05) is 23.7 Å². The van der Waals surface area contributed by atoms with E-state index in [1.165, 1.54) is 11.3 Å². The molecular weight excluding hydrogens is 346 g/mol. The van der Waals surface area contributed by atoms with E-state index in [2.05, 4.69) is 5.32 Å². The van der Waals surface area contributed by atoms with E-state index < -0.39 is 0 Å². The Bertz CT molecular complexity index is 740. The van der Waals surface area contributed by atoms with Gasteiger partial charge in [0, 0.05) is 36.9 Å². The Morgan fingerprint density at radius 1 is 1.12 bits per heavy atom. The van der Waals surface area contributed by atoms with Gasteiger partial charge in [-0.3, -0.25) is 4.79 Å². The van der Waals surface area contributed by atoms with Gasteiger partial charge < -0.3 is 15.1 Å². The van der Waals surface area contributed by atoms with Crippen LogP contribution < -0.4 is 5.32 Å². The van der Waals surface area contributed by atoms with Crippen molar-refractivity contribution < 1.29 is 9.59 Å². The summed E-state index contributed by atoms with van der Waals surface area (Å²) < 4.78 is 0. The third kappa shape index (κ3) is 3.71. The summed E-state index contributed by atoms with van der Waals surface area (Å²) in [7, 11) is 0. The van der Waals surface area contributed by atoms with Crippen LogP contribution in [0, 0.1) is 6.92 Å². The lowest BCUT2D eigenvalue weighted by Crippen LogP contribution is -2.51. The summed E-state index contributed by atoms with van der Waals surface area (Å²) in [5.41, 5.74) is 1.64. The van der Waals surface area contributed by atoms with Crippen LogP contribution in [0.1, 0.15) is 15.2 Å². The summed E-state index contributed by atoms with van der Waals surface area (Å²) >= 11 is 7.52. The van der Waals surface area contributed by atoms with E-state index in [4.69, 9.17) is 11.6 Å². The highest BCUT2D eigenvalue weighted by Crippen LogP contribution is 2.20. The highest BCUT2D eigenvalue weighted by molar-refractivity contribution is 7.12. The number of nitrogens with one attached hydrogen (secondary N) is 1. The van der Waals surface area contributed by atoms with Crippen molar-refractivity contribution in [3.63, 3.8) is 0 Å². The van der Waals surface area contributed by atoms with Gasteiger partial charge in [-0.25, -0.2) is 4.79 Å². The van der Waals surface area contributed by atoms with E-state index in [1.807, 2.05) is 36.6 Å². The molecule has 126 valence electrons. The Morgan fingerprint density at radius 3 is 2.46 bits per heavy atom. The molecule has 3 rings (SSSR count). The predicted octanol–water partition coefficient (Wildman–Crippen LogP) is 3.70. The Hall–Kier alpha value is -2.05. The molecule has 1 fully saturated rings. The van der Waals surface area contributed by atoms with Crippen LogP contribution in [0.5, 0.6) is 0 Å². The lowest BCUT2D eigenvalue weighted by molar-refractivity contribution is 0.0676. The Kier molecular flexibility index (Phi) is 5.06. The standard InChI is InChI=1S/C17H18ClN3O2S/c1-12-4-5-13(11-14(12)18)19-17(23)21-8-6-20(7-9-21)16(22)15-3-2-10-24-15/h2-5,10-11H,6-9H2,1H3,(H,19,23). The zero-order valence-corrected chi connectivity index (χ0v) is 14.9.